The lowest BCUT2D eigenvalue weighted by atomic mass is 10.1. The van der Waals surface area contributed by atoms with Gasteiger partial charge < -0.3 is 25.0 Å². The minimum Gasteiger partial charge on any atom is -0.497 e. The number of carbonyl (C=O) groups is 2. The van der Waals surface area contributed by atoms with Crippen molar-refractivity contribution in [3.8, 4) is 5.75 Å². The maximum Gasteiger partial charge on any atom is 0.255 e. The zero-order valence-corrected chi connectivity index (χ0v) is 18.3. The van der Waals surface area contributed by atoms with Crippen molar-refractivity contribution < 1.29 is 19.1 Å². The summed E-state index contributed by atoms with van der Waals surface area (Å²) in [5.74, 6) is 0.312. The van der Waals surface area contributed by atoms with Gasteiger partial charge in [-0.05, 0) is 68.1 Å². The number of methoxy groups -OCH3 is 2. The molecule has 2 N–H and O–H groups in total. The molecule has 166 valence electrons. The first kappa shape index (κ1) is 22.6. The molecule has 2 aromatic rings. The molecule has 1 fully saturated rings. The van der Waals surface area contributed by atoms with Crippen molar-refractivity contribution in [2.75, 3.05) is 50.7 Å². The van der Waals surface area contributed by atoms with Crippen LogP contribution in [-0.4, -0.2) is 52.3 Å². The van der Waals surface area contributed by atoms with Gasteiger partial charge in [0.05, 0.1) is 12.7 Å². The van der Waals surface area contributed by atoms with Gasteiger partial charge in [0.2, 0.25) is 0 Å². The van der Waals surface area contributed by atoms with Gasteiger partial charge in [0.25, 0.3) is 11.8 Å². The third-order valence-electron chi connectivity index (χ3n) is 5.36. The second-order valence-corrected chi connectivity index (χ2v) is 7.56. The van der Waals surface area contributed by atoms with Crippen LogP contribution in [0.4, 0.5) is 11.4 Å². The third-order valence-corrected chi connectivity index (χ3v) is 5.36. The summed E-state index contributed by atoms with van der Waals surface area (Å²) in [5.41, 5.74) is 2.59. The number of anilines is 2. The van der Waals surface area contributed by atoms with Crippen LogP contribution in [0.25, 0.3) is 0 Å². The van der Waals surface area contributed by atoms with Crippen LogP contribution in [0.3, 0.4) is 0 Å². The molecule has 2 amide bonds. The summed E-state index contributed by atoms with van der Waals surface area (Å²) in [4.78, 5) is 27.8. The minimum absolute atomic E-state index is 0.141. The Labute approximate surface area is 183 Å². The van der Waals surface area contributed by atoms with Crippen LogP contribution in [0, 0.1) is 0 Å². The van der Waals surface area contributed by atoms with E-state index in [1.54, 1.807) is 44.6 Å². The predicted molar refractivity (Wildman–Crippen MR) is 122 cm³/mol. The van der Waals surface area contributed by atoms with Gasteiger partial charge in [0, 0.05) is 50.3 Å². The molecule has 1 saturated heterocycles. The molecular weight excluding hydrogens is 394 g/mol. The average Bonchev–Trinajstić information content (AvgIpc) is 2.82. The SMILES string of the molecule is COCCCNC(=O)c1cc(NC(=O)c2ccc(OC)cc2)ccc1N1CCCCC1. The third kappa shape index (κ3) is 6.21. The number of hydrogen-bond donors (Lipinski definition) is 2. The van der Waals surface area contributed by atoms with E-state index in [4.69, 9.17) is 9.47 Å². The molecule has 0 aromatic heterocycles. The number of carbonyl (C=O) groups excluding carboxylic acids is 2. The molecule has 0 radical (unpaired) electrons. The lowest BCUT2D eigenvalue weighted by molar-refractivity contribution is 0.0947. The molecule has 1 aliphatic heterocycles. The summed E-state index contributed by atoms with van der Waals surface area (Å²) in [5, 5.41) is 5.87. The maximum atomic E-state index is 12.9. The van der Waals surface area contributed by atoms with E-state index < -0.39 is 0 Å². The molecule has 0 atom stereocenters. The first-order valence-electron chi connectivity index (χ1n) is 10.7. The number of benzene rings is 2. The van der Waals surface area contributed by atoms with Crippen LogP contribution >= 0.6 is 0 Å². The van der Waals surface area contributed by atoms with Gasteiger partial charge in [-0.2, -0.15) is 0 Å². The van der Waals surface area contributed by atoms with Crippen LogP contribution in [-0.2, 0) is 4.74 Å². The Morgan fingerprint density at radius 1 is 0.968 bits per heavy atom. The van der Waals surface area contributed by atoms with Crippen molar-refractivity contribution in [2.45, 2.75) is 25.7 Å². The van der Waals surface area contributed by atoms with Crippen molar-refractivity contribution >= 4 is 23.2 Å². The maximum absolute atomic E-state index is 12.9. The lowest BCUT2D eigenvalue weighted by Crippen LogP contribution is -2.33. The second kappa shape index (κ2) is 11.4. The lowest BCUT2D eigenvalue weighted by Gasteiger charge is -2.30. The van der Waals surface area contributed by atoms with Crippen LogP contribution in [0.5, 0.6) is 5.75 Å². The summed E-state index contributed by atoms with van der Waals surface area (Å²) in [6, 6.07) is 12.4. The highest BCUT2D eigenvalue weighted by atomic mass is 16.5. The normalized spacial score (nSPS) is 13.5. The molecule has 7 nitrogen and oxygen atoms in total. The summed E-state index contributed by atoms with van der Waals surface area (Å²) >= 11 is 0. The number of nitrogens with zero attached hydrogens (tertiary/aromatic N) is 1. The zero-order chi connectivity index (χ0) is 22.1. The number of nitrogens with one attached hydrogen (secondary N) is 2. The van der Waals surface area contributed by atoms with E-state index in [9.17, 15) is 9.59 Å². The fourth-order valence-electron chi connectivity index (χ4n) is 3.67. The van der Waals surface area contributed by atoms with Crippen molar-refractivity contribution in [2.24, 2.45) is 0 Å². The Balaban J connectivity index is 1.78. The van der Waals surface area contributed by atoms with E-state index in [1.807, 2.05) is 12.1 Å². The highest BCUT2D eigenvalue weighted by Gasteiger charge is 2.20. The van der Waals surface area contributed by atoms with E-state index in [0.717, 1.165) is 38.0 Å². The smallest absolute Gasteiger partial charge is 0.255 e. The number of ether oxygens (including phenoxy) is 2. The summed E-state index contributed by atoms with van der Waals surface area (Å²) in [6.07, 6.45) is 4.19. The van der Waals surface area contributed by atoms with Crippen molar-refractivity contribution in [1.82, 2.24) is 5.32 Å². The summed E-state index contributed by atoms with van der Waals surface area (Å²) < 4.78 is 10.2. The highest BCUT2D eigenvalue weighted by Crippen LogP contribution is 2.27. The molecule has 7 heteroatoms. The van der Waals surface area contributed by atoms with Gasteiger partial charge >= 0.3 is 0 Å². The van der Waals surface area contributed by atoms with E-state index >= 15 is 0 Å². The Kier molecular flexibility index (Phi) is 8.29. The van der Waals surface area contributed by atoms with Crippen LogP contribution in [0.1, 0.15) is 46.4 Å². The Morgan fingerprint density at radius 2 is 1.71 bits per heavy atom. The van der Waals surface area contributed by atoms with Crippen molar-refractivity contribution in [1.29, 1.82) is 0 Å². The predicted octanol–water partition coefficient (Wildman–Crippen LogP) is 3.70. The fourth-order valence-corrected chi connectivity index (χ4v) is 3.67. The molecule has 0 bridgehead atoms. The van der Waals surface area contributed by atoms with Gasteiger partial charge in [0.15, 0.2) is 0 Å². The van der Waals surface area contributed by atoms with E-state index in [-0.39, 0.29) is 11.8 Å². The van der Waals surface area contributed by atoms with Gasteiger partial charge in [0.1, 0.15) is 5.75 Å². The highest BCUT2D eigenvalue weighted by molar-refractivity contribution is 6.06. The Bertz CT molecular complexity index is 877. The largest absolute Gasteiger partial charge is 0.497 e. The van der Waals surface area contributed by atoms with Gasteiger partial charge in [-0.3, -0.25) is 9.59 Å². The number of amides is 2. The molecule has 0 unspecified atom stereocenters. The minimum atomic E-state index is -0.236. The fraction of sp³-hybridized carbons (Fsp3) is 0.417. The van der Waals surface area contributed by atoms with Crippen LogP contribution in [0.2, 0.25) is 0 Å². The van der Waals surface area contributed by atoms with Crippen LogP contribution in [0.15, 0.2) is 42.5 Å². The van der Waals surface area contributed by atoms with E-state index in [1.165, 1.54) is 6.42 Å². The first-order valence-corrected chi connectivity index (χ1v) is 10.7. The standard InChI is InChI=1S/C24H31N3O4/c1-30-16-6-13-25-24(29)21-17-19(9-12-22(21)27-14-4-3-5-15-27)26-23(28)18-7-10-20(31-2)11-8-18/h7-12,17H,3-6,13-16H2,1-2H3,(H,25,29)(H,26,28). The van der Waals surface area contributed by atoms with Gasteiger partial charge in [-0.25, -0.2) is 0 Å². The Hall–Kier alpha value is -3.06. The molecule has 1 heterocycles. The second-order valence-electron chi connectivity index (χ2n) is 7.56. The molecule has 3 rings (SSSR count). The summed E-state index contributed by atoms with van der Waals surface area (Å²) in [7, 11) is 3.23. The summed E-state index contributed by atoms with van der Waals surface area (Å²) in [6.45, 7) is 2.99. The van der Waals surface area contributed by atoms with Crippen molar-refractivity contribution in [3.63, 3.8) is 0 Å². The van der Waals surface area contributed by atoms with E-state index in [2.05, 4.69) is 15.5 Å². The molecular formula is C24H31N3O4. The number of hydrogen-bond acceptors (Lipinski definition) is 5. The molecule has 2 aromatic carbocycles. The van der Waals surface area contributed by atoms with E-state index in [0.29, 0.717) is 35.7 Å². The molecule has 0 saturated carbocycles. The topological polar surface area (TPSA) is 79.9 Å². The zero-order valence-electron chi connectivity index (χ0n) is 18.3. The molecule has 31 heavy (non-hydrogen) atoms. The molecule has 1 aliphatic rings. The monoisotopic (exact) mass is 425 g/mol. The quantitative estimate of drug-likeness (QED) is 0.599. The average molecular weight is 426 g/mol. The van der Waals surface area contributed by atoms with Gasteiger partial charge in [-0.1, -0.05) is 0 Å². The molecule has 0 aliphatic carbocycles. The number of piperidine rings is 1. The number of rotatable bonds is 9. The van der Waals surface area contributed by atoms with Crippen molar-refractivity contribution in [3.05, 3.63) is 53.6 Å². The first-order chi connectivity index (χ1) is 15.1. The Morgan fingerprint density at radius 3 is 2.39 bits per heavy atom. The van der Waals surface area contributed by atoms with Gasteiger partial charge in [-0.15, -0.1) is 0 Å². The molecule has 0 spiro atoms. The van der Waals surface area contributed by atoms with Crippen LogP contribution < -0.4 is 20.3 Å².